The molecule has 3 heterocycles. The normalized spacial score (nSPS) is 18.0. The zero-order chi connectivity index (χ0) is 21.6. The van der Waals surface area contributed by atoms with Gasteiger partial charge in [-0.1, -0.05) is 12.1 Å². The highest BCUT2D eigenvalue weighted by Gasteiger charge is 2.28. The van der Waals surface area contributed by atoms with Gasteiger partial charge >= 0.3 is 0 Å². The molecule has 31 heavy (non-hydrogen) atoms. The molecule has 1 aromatic heterocycles. The fourth-order valence-electron chi connectivity index (χ4n) is 3.65. The number of anilines is 1. The van der Waals surface area contributed by atoms with Crippen molar-refractivity contribution in [1.82, 2.24) is 9.88 Å². The Labute approximate surface area is 195 Å². The molecule has 0 unspecified atom stereocenters. The number of hydrogen-bond donors (Lipinski definition) is 1. The minimum Gasteiger partial charge on any atom is -0.484 e. The maximum atomic E-state index is 12.5. The first-order valence-electron chi connectivity index (χ1n) is 10.6. The summed E-state index contributed by atoms with van der Waals surface area (Å²) in [5, 5.41) is 5.44. The molecule has 2 amide bonds. The minimum atomic E-state index is -0.0859. The first-order chi connectivity index (χ1) is 15.1. The fraction of sp³-hybridized carbons (Fsp3) is 0.500. The second-order valence-electron chi connectivity index (χ2n) is 7.72. The molecular weight excluding hydrogens is 450 g/mol. The Morgan fingerprint density at radius 2 is 1.87 bits per heavy atom. The van der Waals surface area contributed by atoms with Crippen LogP contribution in [0.25, 0.3) is 0 Å². The van der Waals surface area contributed by atoms with E-state index in [1.807, 2.05) is 48.0 Å². The van der Waals surface area contributed by atoms with Crippen LogP contribution in [0.15, 0.2) is 29.6 Å². The van der Waals surface area contributed by atoms with Gasteiger partial charge in [-0.15, -0.1) is 34.9 Å². The van der Waals surface area contributed by atoms with E-state index in [0.29, 0.717) is 35.6 Å². The van der Waals surface area contributed by atoms with E-state index in [0.717, 1.165) is 11.4 Å². The minimum absolute atomic E-state index is 0.00733. The van der Waals surface area contributed by atoms with Crippen molar-refractivity contribution < 1.29 is 14.3 Å². The third-order valence-corrected chi connectivity index (χ3v) is 9.30. The lowest BCUT2D eigenvalue weighted by Gasteiger charge is -2.31. The number of thiazole rings is 1. The maximum Gasteiger partial charge on any atom is 0.260 e. The van der Waals surface area contributed by atoms with Crippen molar-refractivity contribution in [2.75, 3.05) is 36.5 Å². The van der Waals surface area contributed by atoms with E-state index in [4.69, 9.17) is 4.74 Å². The quantitative estimate of drug-likeness (QED) is 0.657. The molecule has 2 aliphatic heterocycles. The number of piperidine rings is 1. The van der Waals surface area contributed by atoms with E-state index in [-0.39, 0.29) is 24.3 Å². The third-order valence-electron chi connectivity index (χ3n) is 5.41. The molecular formula is C22H27N3O3S3. The average Bonchev–Trinajstić information content (AvgIpc) is 3.23. The molecule has 2 aromatic rings. The van der Waals surface area contributed by atoms with Crippen LogP contribution in [-0.4, -0.2) is 52.9 Å². The molecule has 0 saturated carbocycles. The molecule has 9 heteroatoms. The van der Waals surface area contributed by atoms with Gasteiger partial charge < -0.3 is 15.0 Å². The summed E-state index contributed by atoms with van der Waals surface area (Å²) < 4.78 is 6.23. The van der Waals surface area contributed by atoms with Crippen LogP contribution >= 0.6 is 34.9 Å². The number of benzene rings is 1. The van der Waals surface area contributed by atoms with Crippen molar-refractivity contribution in [1.29, 1.82) is 0 Å². The molecule has 0 bridgehead atoms. The van der Waals surface area contributed by atoms with Crippen LogP contribution in [0.3, 0.4) is 0 Å². The van der Waals surface area contributed by atoms with Crippen molar-refractivity contribution in [2.24, 2.45) is 5.92 Å². The third kappa shape index (κ3) is 6.17. The van der Waals surface area contributed by atoms with Crippen LogP contribution in [-0.2, 0) is 9.59 Å². The van der Waals surface area contributed by atoms with Gasteiger partial charge in [0.25, 0.3) is 5.91 Å². The number of carbonyl (C=O) groups is 2. The van der Waals surface area contributed by atoms with Crippen LogP contribution in [0.2, 0.25) is 0 Å². The molecule has 2 aliphatic rings. The SMILES string of the molecule is Cc1csc(NC(=O)C2CCN(C(=O)COc3ccc(C4SCCCS4)cc3)CC2)n1. The fourth-order valence-corrected chi connectivity index (χ4v) is 7.23. The molecule has 0 spiro atoms. The van der Waals surface area contributed by atoms with E-state index >= 15 is 0 Å². The van der Waals surface area contributed by atoms with Crippen LogP contribution < -0.4 is 10.1 Å². The zero-order valence-corrected chi connectivity index (χ0v) is 20.0. The highest BCUT2D eigenvalue weighted by molar-refractivity contribution is 8.16. The summed E-state index contributed by atoms with van der Waals surface area (Å²) in [6.45, 7) is 3.08. The zero-order valence-electron chi connectivity index (χ0n) is 17.5. The standard InChI is InChI=1S/C22H27N3O3S3/c1-15-14-31-22(23-15)24-20(27)16-7-9-25(10-8-16)19(26)13-28-18-5-3-17(4-6-18)21-29-11-2-12-30-21/h3-6,14,16,21H,2,7-13H2,1H3,(H,23,24,27). The molecule has 0 aliphatic carbocycles. The van der Waals surface area contributed by atoms with Gasteiger partial charge in [-0.2, -0.15) is 0 Å². The summed E-state index contributed by atoms with van der Waals surface area (Å²) in [6, 6.07) is 8.11. The van der Waals surface area contributed by atoms with E-state index in [9.17, 15) is 9.59 Å². The highest BCUT2D eigenvalue weighted by Crippen LogP contribution is 2.43. The number of rotatable bonds is 6. The van der Waals surface area contributed by atoms with Gasteiger partial charge in [0, 0.05) is 24.4 Å². The second-order valence-corrected chi connectivity index (χ2v) is 11.3. The maximum absolute atomic E-state index is 12.5. The van der Waals surface area contributed by atoms with E-state index in [1.54, 1.807) is 4.90 Å². The Morgan fingerprint density at radius 3 is 2.52 bits per heavy atom. The lowest BCUT2D eigenvalue weighted by atomic mass is 9.96. The van der Waals surface area contributed by atoms with E-state index in [1.165, 1.54) is 34.8 Å². The second kappa shape index (κ2) is 10.7. The van der Waals surface area contributed by atoms with Crippen LogP contribution in [0.5, 0.6) is 5.75 Å². The number of ether oxygens (including phenoxy) is 1. The number of hydrogen-bond acceptors (Lipinski definition) is 7. The largest absolute Gasteiger partial charge is 0.484 e. The Morgan fingerprint density at radius 1 is 1.16 bits per heavy atom. The molecule has 0 atom stereocenters. The van der Waals surface area contributed by atoms with Crippen molar-refractivity contribution in [3.8, 4) is 5.75 Å². The van der Waals surface area contributed by atoms with Gasteiger partial charge in [-0.3, -0.25) is 9.59 Å². The topological polar surface area (TPSA) is 71.5 Å². The van der Waals surface area contributed by atoms with Gasteiger partial charge in [0.15, 0.2) is 11.7 Å². The Hall–Kier alpha value is -1.71. The lowest BCUT2D eigenvalue weighted by molar-refractivity contribution is -0.136. The summed E-state index contributed by atoms with van der Waals surface area (Å²) in [4.78, 5) is 31.0. The van der Waals surface area contributed by atoms with Crippen molar-refractivity contribution >= 4 is 51.8 Å². The van der Waals surface area contributed by atoms with Crippen LogP contribution in [0, 0.1) is 12.8 Å². The molecule has 1 N–H and O–H groups in total. The number of amides is 2. The van der Waals surface area contributed by atoms with Crippen LogP contribution in [0.4, 0.5) is 5.13 Å². The van der Waals surface area contributed by atoms with Gasteiger partial charge in [0.1, 0.15) is 5.75 Å². The van der Waals surface area contributed by atoms with Crippen molar-refractivity contribution in [3.05, 3.63) is 40.9 Å². The molecule has 2 saturated heterocycles. The highest BCUT2D eigenvalue weighted by atomic mass is 32.2. The summed E-state index contributed by atoms with van der Waals surface area (Å²) >= 11 is 5.42. The molecule has 1 aromatic carbocycles. The van der Waals surface area contributed by atoms with Gasteiger partial charge in [0.2, 0.25) is 5.91 Å². The molecule has 6 nitrogen and oxygen atoms in total. The van der Waals surface area contributed by atoms with Crippen molar-refractivity contribution in [3.63, 3.8) is 0 Å². The van der Waals surface area contributed by atoms with Crippen molar-refractivity contribution in [2.45, 2.75) is 30.8 Å². The molecule has 4 rings (SSSR count). The number of likely N-dealkylation sites (tertiary alicyclic amines) is 1. The predicted octanol–water partition coefficient (Wildman–Crippen LogP) is 4.58. The Kier molecular flexibility index (Phi) is 7.79. The van der Waals surface area contributed by atoms with Crippen LogP contribution in [0.1, 0.15) is 35.1 Å². The Bertz CT molecular complexity index is 889. The van der Waals surface area contributed by atoms with Gasteiger partial charge in [0.05, 0.1) is 10.3 Å². The number of thioether (sulfide) groups is 2. The number of carbonyl (C=O) groups excluding carboxylic acids is 2. The van der Waals surface area contributed by atoms with Gasteiger partial charge in [-0.25, -0.2) is 4.98 Å². The first-order valence-corrected chi connectivity index (χ1v) is 13.5. The first kappa shape index (κ1) is 22.5. The lowest BCUT2D eigenvalue weighted by Crippen LogP contribution is -2.43. The summed E-state index contributed by atoms with van der Waals surface area (Å²) in [5.74, 6) is 3.03. The number of aromatic nitrogens is 1. The summed E-state index contributed by atoms with van der Waals surface area (Å²) in [6.07, 6.45) is 2.60. The smallest absolute Gasteiger partial charge is 0.260 e. The molecule has 2 fully saturated rings. The summed E-state index contributed by atoms with van der Waals surface area (Å²) in [7, 11) is 0. The van der Waals surface area contributed by atoms with Gasteiger partial charge in [-0.05, 0) is 55.4 Å². The number of aryl methyl sites for hydroxylation is 1. The molecule has 166 valence electrons. The predicted molar refractivity (Wildman–Crippen MR) is 129 cm³/mol. The summed E-state index contributed by atoms with van der Waals surface area (Å²) in [5.41, 5.74) is 2.21. The number of nitrogens with zero attached hydrogens (tertiary/aromatic N) is 2. The Balaban J connectivity index is 1.19. The molecule has 0 radical (unpaired) electrons. The van der Waals surface area contributed by atoms with E-state index < -0.39 is 0 Å². The number of nitrogens with one attached hydrogen (secondary N) is 1. The van der Waals surface area contributed by atoms with E-state index in [2.05, 4.69) is 22.4 Å². The monoisotopic (exact) mass is 477 g/mol. The average molecular weight is 478 g/mol.